The van der Waals surface area contributed by atoms with E-state index in [1.54, 1.807) is 0 Å². The molecule has 0 radical (unpaired) electrons. The minimum Gasteiger partial charge on any atom is -0.393 e. The molecule has 0 bridgehead atoms. The Morgan fingerprint density at radius 2 is 1.22 bits per heavy atom. The van der Waals surface area contributed by atoms with Crippen LogP contribution in [-0.2, 0) is 4.79 Å². The number of aliphatic hydroxyl groups is 2. The number of rotatable bonds is 10. The van der Waals surface area contributed by atoms with Crippen molar-refractivity contribution < 1.29 is 15.0 Å². The molecule has 18 heavy (non-hydrogen) atoms. The molecule has 3 nitrogen and oxygen atoms in total. The van der Waals surface area contributed by atoms with Crippen LogP contribution in [-0.4, -0.2) is 28.2 Å². The second-order valence-electron chi connectivity index (χ2n) is 5.56. The van der Waals surface area contributed by atoms with Crippen LogP contribution in [0.25, 0.3) is 0 Å². The van der Waals surface area contributed by atoms with Crippen LogP contribution in [0.4, 0.5) is 0 Å². The standard InChI is InChI=1S/C15H30O3/c1-5-7-13(16)9-11(3)15(18)12(4)10-14(17)8-6-2/h11-14,16-17H,5-10H2,1-4H3/t11-,12-,13?,14?/m0/s1. The molecule has 3 heteroatoms. The number of carbonyl (C=O) groups is 1. The molecule has 0 saturated heterocycles. The SMILES string of the molecule is CCCC(O)C[C@H](C)C(=O)[C@@H](C)CC(O)CCC. The van der Waals surface area contributed by atoms with E-state index < -0.39 is 0 Å². The fourth-order valence-electron chi connectivity index (χ4n) is 2.44. The van der Waals surface area contributed by atoms with Crippen molar-refractivity contribution in [3.8, 4) is 0 Å². The number of aliphatic hydroxyl groups excluding tert-OH is 2. The summed E-state index contributed by atoms with van der Waals surface area (Å²) in [6.45, 7) is 7.81. The molecule has 0 spiro atoms. The monoisotopic (exact) mass is 258 g/mol. The lowest BCUT2D eigenvalue weighted by Gasteiger charge is -2.20. The van der Waals surface area contributed by atoms with Crippen molar-refractivity contribution in [1.82, 2.24) is 0 Å². The van der Waals surface area contributed by atoms with Crippen molar-refractivity contribution in [2.24, 2.45) is 11.8 Å². The average molecular weight is 258 g/mol. The quantitative estimate of drug-likeness (QED) is 0.633. The van der Waals surface area contributed by atoms with Crippen LogP contribution in [0.1, 0.15) is 66.2 Å². The fraction of sp³-hybridized carbons (Fsp3) is 0.933. The highest BCUT2D eigenvalue weighted by Crippen LogP contribution is 2.19. The lowest BCUT2D eigenvalue weighted by Crippen LogP contribution is -2.26. The Labute approximate surface area is 112 Å². The summed E-state index contributed by atoms with van der Waals surface area (Å²) in [4.78, 5) is 12.1. The lowest BCUT2D eigenvalue weighted by molar-refractivity contribution is -0.127. The Hall–Kier alpha value is -0.410. The summed E-state index contributed by atoms with van der Waals surface area (Å²) in [5, 5.41) is 19.4. The molecule has 0 rings (SSSR count). The van der Waals surface area contributed by atoms with Crippen molar-refractivity contribution in [1.29, 1.82) is 0 Å². The van der Waals surface area contributed by atoms with E-state index in [9.17, 15) is 15.0 Å². The Bertz CT molecular complexity index is 206. The van der Waals surface area contributed by atoms with Gasteiger partial charge in [0.25, 0.3) is 0 Å². The van der Waals surface area contributed by atoms with Crippen molar-refractivity contribution in [2.45, 2.75) is 78.4 Å². The van der Waals surface area contributed by atoms with Gasteiger partial charge in [0.1, 0.15) is 5.78 Å². The zero-order chi connectivity index (χ0) is 14.1. The van der Waals surface area contributed by atoms with E-state index in [-0.39, 0.29) is 29.8 Å². The molecule has 0 heterocycles. The molecule has 4 atom stereocenters. The average Bonchev–Trinajstić information content (AvgIpc) is 2.28. The van der Waals surface area contributed by atoms with Gasteiger partial charge in [-0.15, -0.1) is 0 Å². The number of Topliss-reactive ketones (excluding diaryl/α,β-unsaturated/α-hetero) is 1. The van der Waals surface area contributed by atoms with Crippen molar-refractivity contribution in [3.05, 3.63) is 0 Å². The summed E-state index contributed by atoms with van der Waals surface area (Å²) >= 11 is 0. The van der Waals surface area contributed by atoms with Crippen LogP contribution in [0.5, 0.6) is 0 Å². The summed E-state index contributed by atoms with van der Waals surface area (Å²) in [6, 6.07) is 0. The molecular formula is C15H30O3. The molecule has 0 fully saturated rings. The molecule has 0 saturated carbocycles. The third-order valence-corrected chi connectivity index (χ3v) is 3.47. The first-order valence-electron chi connectivity index (χ1n) is 7.32. The molecule has 0 amide bonds. The number of hydrogen-bond acceptors (Lipinski definition) is 3. The molecule has 0 aromatic heterocycles. The Kier molecular flexibility index (Phi) is 9.29. The summed E-state index contributed by atoms with van der Waals surface area (Å²) in [7, 11) is 0. The summed E-state index contributed by atoms with van der Waals surface area (Å²) < 4.78 is 0. The zero-order valence-electron chi connectivity index (χ0n) is 12.4. The first-order chi connectivity index (χ1) is 8.42. The van der Waals surface area contributed by atoms with Crippen molar-refractivity contribution >= 4 is 5.78 Å². The van der Waals surface area contributed by atoms with Crippen LogP contribution in [0, 0.1) is 11.8 Å². The Balaban J connectivity index is 4.11. The van der Waals surface area contributed by atoms with E-state index in [0.29, 0.717) is 12.8 Å². The van der Waals surface area contributed by atoms with Crippen LogP contribution in [0.3, 0.4) is 0 Å². The molecule has 108 valence electrons. The molecule has 0 aliphatic carbocycles. The molecule has 2 N–H and O–H groups in total. The van der Waals surface area contributed by atoms with Gasteiger partial charge in [-0.25, -0.2) is 0 Å². The normalized spacial score (nSPS) is 18.1. The number of carbonyl (C=O) groups excluding carboxylic acids is 1. The highest BCUT2D eigenvalue weighted by atomic mass is 16.3. The van der Waals surface area contributed by atoms with Gasteiger partial charge >= 0.3 is 0 Å². The van der Waals surface area contributed by atoms with Crippen LogP contribution in [0.2, 0.25) is 0 Å². The van der Waals surface area contributed by atoms with Crippen LogP contribution in [0.15, 0.2) is 0 Å². The predicted molar refractivity (Wildman–Crippen MR) is 74.4 cm³/mol. The smallest absolute Gasteiger partial charge is 0.138 e. The second kappa shape index (κ2) is 9.51. The third-order valence-electron chi connectivity index (χ3n) is 3.47. The van der Waals surface area contributed by atoms with Crippen molar-refractivity contribution in [3.63, 3.8) is 0 Å². The van der Waals surface area contributed by atoms with Gasteiger partial charge in [0.15, 0.2) is 0 Å². The van der Waals surface area contributed by atoms with Crippen LogP contribution < -0.4 is 0 Å². The van der Waals surface area contributed by atoms with Gasteiger partial charge < -0.3 is 10.2 Å². The third kappa shape index (κ3) is 7.12. The van der Waals surface area contributed by atoms with Gasteiger partial charge in [0.2, 0.25) is 0 Å². The zero-order valence-corrected chi connectivity index (χ0v) is 12.4. The molecule has 0 aromatic rings. The maximum absolute atomic E-state index is 12.1. The van der Waals surface area contributed by atoms with Crippen LogP contribution >= 0.6 is 0 Å². The molecule has 0 aliphatic heterocycles. The highest BCUT2D eigenvalue weighted by molar-refractivity contribution is 5.82. The van der Waals surface area contributed by atoms with Gasteiger partial charge in [-0.05, 0) is 25.7 Å². The number of hydrogen-bond donors (Lipinski definition) is 2. The molecule has 0 aliphatic rings. The van der Waals surface area contributed by atoms with E-state index in [2.05, 4.69) is 0 Å². The van der Waals surface area contributed by atoms with E-state index >= 15 is 0 Å². The highest BCUT2D eigenvalue weighted by Gasteiger charge is 2.23. The fourth-order valence-corrected chi connectivity index (χ4v) is 2.44. The van der Waals surface area contributed by atoms with Gasteiger partial charge in [-0.2, -0.15) is 0 Å². The van der Waals surface area contributed by atoms with E-state index in [0.717, 1.165) is 25.7 Å². The Morgan fingerprint density at radius 3 is 1.50 bits per heavy atom. The van der Waals surface area contributed by atoms with Crippen molar-refractivity contribution in [2.75, 3.05) is 0 Å². The number of ketones is 1. The predicted octanol–water partition coefficient (Wildman–Crippen LogP) is 2.93. The summed E-state index contributed by atoms with van der Waals surface area (Å²) in [6.07, 6.45) is 3.72. The summed E-state index contributed by atoms with van der Waals surface area (Å²) in [5.41, 5.74) is 0. The minimum atomic E-state index is -0.373. The topological polar surface area (TPSA) is 57.5 Å². The van der Waals surface area contributed by atoms with E-state index in [4.69, 9.17) is 0 Å². The van der Waals surface area contributed by atoms with E-state index in [1.807, 2.05) is 27.7 Å². The van der Waals surface area contributed by atoms with Gasteiger partial charge in [-0.1, -0.05) is 40.5 Å². The second-order valence-corrected chi connectivity index (χ2v) is 5.56. The van der Waals surface area contributed by atoms with E-state index in [1.165, 1.54) is 0 Å². The Morgan fingerprint density at radius 1 is 0.889 bits per heavy atom. The molecule has 0 aromatic carbocycles. The van der Waals surface area contributed by atoms with Gasteiger partial charge in [-0.3, -0.25) is 4.79 Å². The summed E-state index contributed by atoms with van der Waals surface area (Å²) in [5.74, 6) is -0.0638. The largest absolute Gasteiger partial charge is 0.393 e. The van der Waals surface area contributed by atoms with Gasteiger partial charge in [0, 0.05) is 11.8 Å². The lowest BCUT2D eigenvalue weighted by atomic mass is 9.86. The maximum atomic E-state index is 12.1. The van der Waals surface area contributed by atoms with Gasteiger partial charge in [0.05, 0.1) is 12.2 Å². The first kappa shape index (κ1) is 17.6. The maximum Gasteiger partial charge on any atom is 0.138 e. The minimum absolute atomic E-state index is 0.115. The molecular weight excluding hydrogens is 228 g/mol. The first-order valence-corrected chi connectivity index (χ1v) is 7.32. The molecule has 2 unspecified atom stereocenters.